The van der Waals surface area contributed by atoms with Crippen LogP contribution in [0.15, 0.2) is 0 Å². The van der Waals surface area contributed by atoms with Crippen LogP contribution in [0.1, 0.15) is 27.2 Å². The summed E-state index contributed by atoms with van der Waals surface area (Å²) in [6.45, 7) is 8.27. The molecule has 1 rings (SSSR count). The summed E-state index contributed by atoms with van der Waals surface area (Å²) in [5, 5.41) is 2.82. The van der Waals surface area contributed by atoms with Gasteiger partial charge in [0.2, 0.25) is 11.8 Å². The molecule has 2 amide bonds. The molecule has 1 saturated heterocycles. The molecule has 0 radical (unpaired) electrons. The highest BCUT2D eigenvalue weighted by molar-refractivity contribution is 5.96. The van der Waals surface area contributed by atoms with Crippen molar-refractivity contribution in [3.05, 3.63) is 0 Å². The number of ether oxygens (including phenoxy) is 1. The molecule has 0 spiro atoms. The Morgan fingerprint density at radius 3 is 2.52 bits per heavy atom. The molecular weight excluding hydrogens is 270 g/mol. The lowest BCUT2D eigenvalue weighted by Gasteiger charge is -2.37. The predicted octanol–water partition coefficient (Wildman–Crippen LogP) is 0.326. The van der Waals surface area contributed by atoms with Gasteiger partial charge in [-0.15, -0.1) is 0 Å². The Morgan fingerprint density at radius 2 is 1.95 bits per heavy atom. The highest BCUT2D eigenvalue weighted by Crippen LogP contribution is 2.15. The molecule has 21 heavy (non-hydrogen) atoms. The summed E-state index contributed by atoms with van der Waals surface area (Å²) >= 11 is 0. The molecule has 1 aliphatic heterocycles. The lowest BCUT2D eigenvalue weighted by atomic mass is 9.99. The molecule has 0 aromatic rings. The molecule has 0 saturated carbocycles. The first kappa shape index (κ1) is 17.9. The highest BCUT2D eigenvalue weighted by Gasteiger charge is 2.37. The van der Waals surface area contributed by atoms with Crippen LogP contribution < -0.4 is 5.32 Å². The maximum absolute atomic E-state index is 12.4. The second kappa shape index (κ2) is 8.34. The molecule has 6 heteroatoms. The molecule has 2 unspecified atom stereocenters. The third-order valence-electron chi connectivity index (χ3n) is 3.61. The van der Waals surface area contributed by atoms with Gasteiger partial charge in [-0.05, 0) is 33.4 Å². The zero-order valence-corrected chi connectivity index (χ0v) is 13.9. The van der Waals surface area contributed by atoms with Crippen molar-refractivity contribution < 1.29 is 14.3 Å². The van der Waals surface area contributed by atoms with Gasteiger partial charge in [0.15, 0.2) is 0 Å². The van der Waals surface area contributed by atoms with E-state index < -0.39 is 12.1 Å². The van der Waals surface area contributed by atoms with Crippen LogP contribution in [0, 0.1) is 5.92 Å². The molecule has 0 aromatic heterocycles. The van der Waals surface area contributed by atoms with Gasteiger partial charge in [0.05, 0.1) is 13.2 Å². The summed E-state index contributed by atoms with van der Waals surface area (Å²) in [6, 6.07) is -0.811. The first-order valence-electron chi connectivity index (χ1n) is 7.66. The summed E-state index contributed by atoms with van der Waals surface area (Å²) in [4.78, 5) is 28.1. The molecule has 0 bridgehead atoms. The van der Waals surface area contributed by atoms with E-state index in [1.54, 1.807) is 11.8 Å². The maximum Gasteiger partial charge on any atom is 0.245 e. The molecule has 6 nitrogen and oxygen atoms in total. The van der Waals surface area contributed by atoms with Crippen LogP contribution >= 0.6 is 0 Å². The van der Waals surface area contributed by atoms with E-state index in [0.29, 0.717) is 32.1 Å². The summed E-state index contributed by atoms with van der Waals surface area (Å²) in [5.41, 5.74) is 0. The fourth-order valence-corrected chi connectivity index (χ4v) is 2.33. The molecule has 0 aliphatic carbocycles. The first-order valence-corrected chi connectivity index (χ1v) is 7.66. The van der Waals surface area contributed by atoms with Crippen molar-refractivity contribution in [2.75, 3.05) is 40.4 Å². The van der Waals surface area contributed by atoms with Crippen LogP contribution in [0.2, 0.25) is 0 Å². The van der Waals surface area contributed by atoms with Crippen LogP contribution in [0.5, 0.6) is 0 Å². The van der Waals surface area contributed by atoms with E-state index in [-0.39, 0.29) is 11.8 Å². The lowest BCUT2D eigenvalue weighted by molar-refractivity contribution is -0.149. The van der Waals surface area contributed by atoms with Crippen molar-refractivity contribution in [2.45, 2.75) is 39.3 Å². The van der Waals surface area contributed by atoms with Gasteiger partial charge in [-0.1, -0.05) is 13.8 Å². The minimum atomic E-state index is -0.418. The Bertz CT molecular complexity index is 358. The number of hydrogen-bond acceptors (Lipinski definition) is 4. The quantitative estimate of drug-likeness (QED) is 0.656. The normalized spacial score (nSPS) is 23.1. The van der Waals surface area contributed by atoms with Gasteiger partial charge in [0.1, 0.15) is 12.1 Å². The molecule has 1 fully saturated rings. The van der Waals surface area contributed by atoms with Gasteiger partial charge in [-0.25, -0.2) is 0 Å². The predicted molar refractivity (Wildman–Crippen MR) is 81.9 cm³/mol. The summed E-state index contributed by atoms with van der Waals surface area (Å²) in [7, 11) is 3.97. The first-order chi connectivity index (χ1) is 9.82. The Kier molecular flexibility index (Phi) is 7.11. The fourth-order valence-electron chi connectivity index (χ4n) is 2.33. The molecular formula is C15H29N3O3. The molecule has 0 aromatic carbocycles. The van der Waals surface area contributed by atoms with Crippen LogP contribution in [-0.4, -0.2) is 74.1 Å². The molecule has 1 N–H and O–H groups in total. The number of rotatable bonds is 8. The van der Waals surface area contributed by atoms with E-state index in [4.69, 9.17) is 4.74 Å². The smallest absolute Gasteiger partial charge is 0.245 e. The SMILES string of the molecule is CC(C)CC1NC(=O)C(C)N(CCOCCN(C)C)C1=O. The third-order valence-corrected chi connectivity index (χ3v) is 3.61. The topological polar surface area (TPSA) is 61.9 Å². The van der Waals surface area contributed by atoms with E-state index in [9.17, 15) is 9.59 Å². The minimum Gasteiger partial charge on any atom is -0.378 e. The van der Waals surface area contributed by atoms with Crippen molar-refractivity contribution in [3.63, 3.8) is 0 Å². The van der Waals surface area contributed by atoms with Crippen LogP contribution in [0.25, 0.3) is 0 Å². The second-order valence-corrected chi connectivity index (χ2v) is 6.31. The summed E-state index contributed by atoms with van der Waals surface area (Å²) < 4.78 is 5.53. The van der Waals surface area contributed by atoms with Crippen molar-refractivity contribution in [1.82, 2.24) is 15.1 Å². The van der Waals surface area contributed by atoms with Gasteiger partial charge < -0.3 is 19.9 Å². The second-order valence-electron chi connectivity index (χ2n) is 6.31. The number of piperazine rings is 1. The van der Waals surface area contributed by atoms with E-state index in [1.165, 1.54) is 0 Å². The Hall–Kier alpha value is -1.14. The minimum absolute atomic E-state index is 0.00649. The monoisotopic (exact) mass is 299 g/mol. The average molecular weight is 299 g/mol. The number of amides is 2. The molecule has 2 atom stereocenters. The van der Waals surface area contributed by atoms with E-state index >= 15 is 0 Å². The van der Waals surface area contributed by atoms with Gasteiger partial charge >= 0.3 is 0 Å². The van der Waals surface area contributed by atoms with Gasteiger partial charge in [-0.2, -0.15) is 0 Å². The van der Waals surface area contributed by atoms with E-state index in [0.717, 1.165) is 6.54 Å². The van der Waals surface area contributed by atoms with E-state index in [2.05, 4.69) is 5.32 Å². The Balaban J connectivity index is 2.48. The largest absolute Gasteiger partial charge is 0.378 e. The van der Waals surface area contributed by atoms with Crippen molar-refractivity contribution in [3.8, 4) is 0 Å². The third kappa shape index (κ3) is 5.63. The lowest BCUT2D eigenvalue weighted by Crippen LogP contribution is -2.63. The fraction of sp³-hybridized carbons (Fsp3) is 0.867. The van der Waals surface area contributed by atoms with Crippen molar-refractivity contribution in [1.29, 1.82) is 0 Å². The highest BCUT2D eigenvalue weighted by atomic mass is 16.5. The van der Waals surface area contributed by atoms with Crippen LogP contribution in [0.4, 0.5) is 0 Å². The molecule has 1 heterocycles. The zero-order chi connectivity index (χ0) is 16.0. The van der Waals surface area contributed by atoms with Gasteiger partial charge in [-0.3, -0.25) is 9.59 Å². The van der Waals surface area contributed by atoms with Crippen LogP contribution in [-0.2, 0) is 14.3 Å². The van der Waals surface area contributed by atoms with Gasteiger partial charge in [0, 0.05) is 13.1 Å². The van der Waals surface area contributed by atoms with Crippen molar-refractivity contribution in [2.24, 2.45) is 5.92 Å². The summed E-state index contributed by atoms with van der Waals surface area (Å²) in [6.07, 6.45) is 0.676. The standard InChI is InChI=1S/C15H29N3O3/c1-11(2)10-13-15(20)18(12(3)14(19)16-13)7-9-21-8-6-17(4)5/h11-13H,6-10H2,1-5H3,(H,16,19). The van der Waals surface area contributed by atoms with Crippen LogP contribution in [0.3, 0.4) is 0 Å². The number of nitrogens with one attached hydrogen (secondary N) is 1. The molecule has 122 valence electrons. The Morgan fingerprint density at radius 1 is 1.29 bits per heavy atom. The van der Waals surface area contributed by atoms with Crippen molar-refractivity contribution >= 4 is 11.8 Å². The molecule has 1 aliphatic rings. The van der Waals surface area contributed by atoms with E-state index in [1.807, 2.05) is 32.8 Å². The zero-order valence-electron chi connectivity index (χ0n) is 13.9. The summed E-state index contributed by atoms with van der Waals surface area (Å²) in [5.74, 6) is 0.298. The Labute approximate surface area is 127 Å². The number of carbonyl (C=O) groups excluding carboxylic acids is 2. The maximum atomic E-state index is 12.4. The number of likely N-dealkylation sites (N-methyl/N-ethyl adjacent to an activating group) is 1. The number of carbonyl (C=O) groups is 2. The van der Waals surface area contributed by atoms with Gasteiger partial charge in [0.25, 0.3) is 0 Å². The number of nitrogens with zero attached hydrogens (tertiary/aromatic N) is 2. The number of hydrogen-bond donors (Lipinski definition) is 1. The average Bonchev–Trinajstić information content (AvgIpc) is 2.38.